The summed E-state index contributed by atoms with van der Waals surface area (Å²) in [6, 6.07) is 4.23. The van der Waals surface area contributed by atoms with E-state index in [-0.39, 0.29) is 17.1 Å². The number of alkyl halides is 1. The summed E-state index contributed by atoms with van der Waals surface area (Å²) < 4.78 is 0. The molecule has 86 valence electrons. The number of nitro groups is 1. The topological polar surface area (TPSA) is 86.2 Å². The molecule has 7 heteroatoms. The number of halogens is 2. The second-order valence-electron chi connectivity index (χ2n) is 3.12. The predicted octanol–water partition coefficient (Wildman–Crippen LogP) is 1.88. The van der Waals surface area contributed by atoms with Gasteiger partial charge in [0.2, 0.25) is 5.91 Å². The van der Waals surface area contributed by atoms with E-state index < -0.39 is 16.2 Å². The second-order valence-corrected chi connectivity index (χ2v) is 4.05. The first-order valence-electron chi connectivity index (χ1n) is 4.28. The van der Waals surface area contributed by atoms with Crippen molar-refractivity contribution in [3.8, 4) is 0 Å². The van der Waals surface area contributed by atoms with Gasteiger partial charge in [0, 0.05) is 6.07 Å². The van der Waals surface area contributed by atoms with Crippen molar-refractivity contribution in [2.24, 2.45) is 5.73 Å². The number of hydrogen-bond acceptors (Lipinski definition) is 3. The quantitative estimate of drug-likeness (QED) is 0.511. The fourth-order valence-electron chi connectivity index (χ4n) is 1.13. The Balaban J connectivity index is 2.95. The van der Waals surface area contributed by atoms with Crippen LogP contribution in [-0.2, 0) is 11.2 Å². The van der Waals surface area contributed by atoms with E-state index in [0.717, 1.165) is 0 Å². The Morgan fingerprint density at radius 2 is 2.19 bits per heavy atom. The lowest BCUT2D eigenvalue weighted by molar-refractivity contribution is -0.384. The van der Waals surface area contributed by atoms with Gasteiger partial charge in [-0.15, -0.1) is 11.6 Å². The van der Waals surface area contributed by atoms with E-state index in [0.29, 0.717) is 5.56 Å². The van der Waals surface area contributed by atoms with Crippen molar-refractivity contribution >= 4 is 34.8 Å². The maximum Gasteiger partial charge on any atom is 0.288 e. The second kappa shape index (κ2) is 5.14. The van der Waals surface area contributed by atoms with Gasteiger partial charge < -0.3 is 5.73 Å². The highest BCUT2D eigenvalue weighted by atomic mass is 35.5. The lowest BCUT2D eigenvalue weighted by atomic mass is 10.1. The first kappa shape index (κ1) is 12.7. The number of carbonyl (C=O) groups is 1. The third kappa shape index (κ3) is 3.08. The number of primary amides is 1. The molecule has 1 aromatic carbocycles. The number of amides is 1. The van der Waals surface area contributed by atoms with Gasteiger partial charge in [0.25, 0.3) is 5.69 Å². The molecule has 1 unspecified atom stereocenters. The standard InChI is InChI=1S/C9H8Cl2N2O3/c10-6-2-1-5(3-7(11)9(12)14)4-8(6)13(15)16/h1-2,4,7H,3H2,(H2,12,14). The van der Waals surface area contributed by atoms with Gasteiger partial charge in [-0.2, -0.15) is 0 Å². The number of hydrogen-bond donors (Lipinski definition) is 1. The highest BCUT2D eigenvalue weighted by molar-refractivity contribution is 6.32. The zero-order valence-corrected chi connectivity index (χ0v) is 9.53. The molecule has 0 spiro atoms. The zero-order valence-electron chi connectivity index (χ0n) is 8.02. The van der Waals surface area contributed by atoms with Crippen molar-refractivity contribution in [2.45, 2.75) is 11.8 Å². The minimum Gasteiger partial charge on any atom is -0.368 e. The Labute approximate surface area is 101 Å². The minimum atomic E-state index is -0.888. The third-order valence-corrected chi connectivity index (χ3v) is 2.62. The number of nitrogens with zero attached hydrogens (tertiary/aromatic N) is 1. The molecule has 0 bridgehead atoms. The SMILES string of the molecule is NC(=O)C(Cl)Cc1ccc(Cl)c([N+](=O)[O-])c1. The van der Waals surface area contributed by atoms with Crippen molar-refractivity contribution in [3.05, 3.63) is 38.9 Å². The first-order chi connectivity index (χ1) is 7.41. The van der Waals surface area contributed by atoms with Crippen molar-refractivity contribution in [1.29, 1.82) is 0 Å². The van der Waals surface area contributed by atoms with E-state index in [1.54, 1.807) is 6.07 Å². The molecular formula is C9H8Cl2N2O3. The van der Waals surface area contributed by atoms with Crippen LogP contribution in [0.1, 0.15) is 5.56 Å². The Bertz CT molecular complexity index is 437. The largest absolute Gasteiger partial charge is 0.368 e. The summed E-state index contributed by atoms with van der Waals surface area (Å²) in [7, 11) is 0. The smallest absolute Gasteiger partial charge is 0.288 e. The zero-order chi connectivity index (χ0) is 12.3. The van der Waals surface area contributed by atoms with Crippen LogP contribution in [0.2, 0.25) is 5.02 Å². The van der Waals surface area contributed by atoms with E-state index in [1.807, 2.05) is 0 Å². The monoisotopic (exact) mass is 262 g/mol. The number of benzene rings is 1. The van der Waals surface area contributed by atoms with Gasteiger partial charge in [-0.25, -0.2) is 0 Å². The van der Waals surface area contributed by atoms with Gasteiger partial charge in [0.1, 0.15) is 10.4 Å². The summed E-state index contributed by atoms with van der Waals surface area (Å²) >= 11 is 11.3. The Morgan fingerprint density at radius 3 is 2.69 bits per heavy atom. The molecule has 0 radical (unpaired) electrons. The van der Waals surface area contributed by atoms with Crippen LogP contribution in [-0.4, -0.2) is 16.2 Å². The van der Waals surface area contributed by atoms with Crippen LogP contribution < -0.4 is 5.73 Å². The minimum absolute atomic E-state index is 0.0407. The van der Waals surface area contributed by atoms with E-state index in [9.17, 15) is 14.9 Å². The first-order valence-corrected chi connectivity index (χ1v) is 5.09. The Hall–Kier alpha value is -1.33. The number of rotatable bonds is 4. The fraction of sp³-hybridized carbons (Fsp3) is 0.222. The summed E-state index contributed by atoms with van der Waals surface area (Å²) in [5.74, 6) is -0.667. The molecule has 0 saturated carbocycles. The highest BCUT2D eigenvalue weighted by Crippen LogP contribution is 2.25. The molecule has 1 amide bonds. The summed E-state index contributed by atoms with van der Waals surface area (Å²) in [6.07, 6.45) is 0.134. The van der Waals surface area contributed by atoms with E-state index >= 15 is 0 Å². The molecular weight excluding hydrogens is 255 g/mol. The summed E-state index contributed by atoms with van der Waals surface area (Å²) in [5.41, 5.74) is 5.30. The van der Waals surface area contributed by atoms with Gasteiger partial charge >= 0.3 is 0 Å². The molecule has 1 aromatic rings. The molecule has 0 aromatic heterocycles. The van der Waals surface area contributed by atoms with Crippen LogP contribution >= 0.6 is 23.2 Å². The van der Waals surface area contributed by atoms with E-state index in [1.165, 1.54) is 12.1 Å². The average molecular weight is 263 g/mol. The molecule has 2 N–H and O–H groups in total. The Kier molecular flexibility index (Phi) is 4.09. The maximum absolute atomic E-state index is 10.7. The van der Waals surface area contributed by atoms with Crippen LogP contribution in [0.15, 0.2) is 18.2 Å². The third-order valence-electron chi connectivity index (χ3n) is 1.93. The molecule has 0 fully saturated rings. The highest BCUT2D eigenvalue weighted by Gasteiger charge is 2.16. The summed E-state index contributed by atoms with van der Waals surface area (Å²) in [5, 5.41) is 9.74. The van der Waals surface area contributed by atoms with Gasteiger partial charge in [-0.05, 0) is 18.1 Å². The van der Waals surface area contributed by atoms with Gasteiger partial charge in [0.05, 0.1) is 4.92 Å². The van der Waals surface area contributed by atoms with E-state index in [2.05, 4.69) is 0 Å². The normalized spacial score (nSPS) is 12.1. The molecule has 0 aliphatic carbocycles. The van der Waals surface area contributed by atoms with Gasteiger partial charge in [-0.3, -0.25) is 14.9 Å². The lowest BCUT2D eigenvalue weighted by Gasteiger charge is -2.05. The van der Waals surface area contributed by atoms with Crippen LogP contribution in [0.5, 0.6) is 0 Å². The average Bonchev–Trinajstić information content (AvgIpc) is 2.20. The maximum atomic E-state index is 10.7. The number of nitro benzene ring substituents is 1. The van der Waals surface area contributed by atoms with Crippen LogP contribution in [0, 0.1) is 10.1 Å². The lowest BCUT2D eigenvalue weighted by Crippen LogP contribution is -2.25. The molecule has 0 heterocycles. The molecule has 1 rings (SSSR count). The van der Waals surface area contributed by atoms with Crippen molar-refractivity contribution < 1.29 is 9.72 Å². The Morgan fingerprint density at radius 1 is 1.56 bits per heavy atom. The molecule has 0 saturated heterocycles. The van der Waals surface area contributed by atoms with Crippen molar-refractivity contribution in [1.82, 2.24) is 0 Å². The van der Waals surface area contributed by atoms with Gasteiger partial charge in [0.15, 0.2) is 0 Å². The predicted molar refractivity (Wildman–Crippen MR) is 60.6 cm³/mol. The van der Waals surface area contributed by atoms with Crippen LogP contribution in [0.4, 0.5) is 5.69 Å². The summed E-state index contributed by atoms with van der Waals surface area (Å²) in [4.78, 5) is 20.7. The van der Waals surface area contributed by atoms with E-state index in [4.69, 9.17) is 28.9 Å². The molecule has 5 nitrogen and oxygen atoms in total. The van der Waals surface area contributed by atoms with Gasteiger partial charge in [-0.1, -0.05) is 17.7 Å². The van der Waals surface area contributed by atoms with Crippen LogP contribution in [0.25, 0.3) is 0 Å². The van der Waals surface area contributed by atoms with Crippen molar-refractivity contribution in [3.63, 3.8) is 0 Å². The number of nitrogens with two attached hydrogens (primary N) is 1. The molecule has 16 heavy (non-hydrogen) atoms. The molecule has 0 aliphatic rings. The molecule has 0 aliphatic heterocycles. The van der Waals surface area contributed by atoms with Crippen molar-refractivity contribution in [2.75, 3.05) is 0 Å². The van der Waals surface area contributed by atoms with Crippen LogP contribution in [0.3, 0.4) is 0 Å². The molecule has 1 atom stereocenters. The fourth-order valence-corrected chi connectivity index (χ4v) is 1.50. The summed E-state index contributed by atoms with van der Waals surface area (Å²) in [6.45, 7) is 0. The number of carbonyl (C=O) groups excluding carboxylic acids is 1.